The molecule has 1 fully saturated rings. The second kappa shape index (κ2) is 8.40. The van der Waals surface area contributed by atoms with Crippen LogP contribution in [-0.4, -0.2) is 53.0 Å². The molecule has 0 amide bonds. The number of nitrogens with zero attached hydrogens (tertiary/aromatic N) is 2. The maximum atomic E-state index is 12.2. The lowest BCUT2D eigenvalue weighted by atomic mass is 10.1. The van der Waals surface area contributed by atoms with Crippen LogP contribution in [0.4, 0.5) is 5.82 Å². The van der Waals surface area contributed by atoms with Crippen molar-refractivity contribution in [3.63, 3.8) is 0 Å². The average Bonchev–Trinajstić information content (AvgIpc) is 2.87. The number of aliphatic hydroxyl groups excluding tert-OH is 2. The molecule has 0 aliphatic carbocycles. The first kappa shape index (κ1) is 22.0. The summed E-state index contributed by atoms with van der Waals surface area (Å²) in [6.45, 7) is 12.6. The number of aliphatic hydroxyl groups is 2. The number of rotatable bonds is 7. The normalized spacial score (nSPS) is 26.5. The van der Waals surface area contributed by atoms with Crippen LogP contribution in [0.25, 0.3) is 0 Å². The van der Waals surface area contributed by atoms with Gasteiger partial charge in [-0.25, -0.2) is 4.79 Å². The predicted octanol–water partition coefficient (Wildman–Crippen LogP) is 1.64. The lowest BCUT2D eigenvalue weighted by Gasteiger charge is -2.45. The van der Waals surface area contributed by atoms with Gasteiger partial charge in [0.1, 0.15) is 24.1 Å². The molecule has 1 aromatic rings. The van der Waals surface area contributed by atoms with Crippen LogP contribution in [0.5, 0.6) is 0 Å². The number of hydrogen-bond donors (Lipinski definition) is 3. The Labute approximate surface area is 161 Å². The molecule has 2 rings (SSSR count). The van der Waals surface area contributed by atoms with Gasteiger partial charge >= 0.3 is 5.69 Å². The van der Waals surface area contributed by atoms with Gasteiger partial charge in [-0.15, -0.1) is 0 Å². The Balaban J connectivity index is 2.39. The molecule has 27 heavy (non-hydrogen) atoms. The largest absolute Gasteiger partial charge is 0.408 e. The fourth-order valence-corrected chi connectivity index (χ4v) is 10.1. The lowest BCUT2D eigenvalue weighted by Crippen LogP contribution is -2.54. The second-order valence-corrected chi connectivity index (χ2v) is 13.6. The highest BCUT2D eigenvalue weighted by Gasteiger charge is 2.53. The van der Waals surface area contributed by atoms with Gasteiger partial charge in [0.05, 0.1) is 6.61 Å². The number of nitrogens with two attached hydrogens (primary N) is 1. The van der Waals surface area contributed by atoms with Gasteiger partial charge in [0.2, 0.25) is 8.32 Å². The first-order valence-corrected chi connectivity index (χ1v) is 11.7. The van der Waals surface area contributed by atoms with E-state index in [1.165, 1.54) is 16.8 Å². The third-order valence-electron chi connectivity index (χ3n) is 5.66. The average molecular weight is 400 g/mol. The molecule has 1 aromatic heterocycles. The van der Waals surface area contributed by atoms with Gasteiger partial charge in [0, 0.05) is 6.20 Å². The van der Waals surface area contributed by atoms with Gasteiger partial charge in [-0.1, -0.05) is 41.5 Å². The van der Waals surface area contributed by atoms with Crippen LogP contribution >= 0.6 is 0 Å². The number of ether oxygens (including phenoxy) is 1. The molecule has 0 radical (unpaired) electrons. The van der Waals surface area contributed by atoms with E-state index in [0.717, 1.165) is 0 Å². The van der Waals surface area contributed by atoms with E-state index in [9.17, 15) is 15.0 Å². The topological polar surface area (TPSA) is 120 Å². The Morgan fingerprint density at radius 3 is 2.26 bits per heavy atom. The molecule has 8 nitrogen and oxygen atoms in total. The molecule has 1 saturated heterocycles. The van der Waals surface area contributed by atoms with Crippen molar-refractivity contribution in [3.05, 3.63) is 22.7 Å². The van der Waals surface area contributed by atoms with E-state index in [1.54, 1.807) is 0 Å². The minimum Gasteiger partial charge on any atom is -0.408 e. The highest BCUT2D eigenvalue weighted by atomic mass is 28.4. The Kier molecular flexibility index (Phi) is 6.85. The van der Waals surface area contributed by atoms with Gasteiger partial charge in [-0.3, -0.25) is 4.57 Å². The highest BCUT2D eigenvalue weighted by Crippen LogP contribution is 2.45. The van der Waals surface area contributed by atoms with Crippen molar-refractivity contribution < 1.29 is 19.4 Å². The maximum Gasteiger partial charge on any atom is 0.351 e. The summed E-state index contributed by atoms with van der Waals surface area (Å²) in [4.78, 5) is 15.9. The molecule has 0 saturated carbocycles. The van der Waals surface area contributed by atoms with Crippen LogP contribution in [0, 0.1) is 0 Å². The van der Waals surface area contributed by atoms with E-state index in [2.05, 4.69) is 46.5 Å². The molecule has 4 N–H and O–H groups in total. The van der Waals surface area contributed by atoms with Crippen LogP contribution < -0.4 is 11.4 Å². The number of anilines is 1. The van der Waals surface area contributed by atoms with Crippen molar-refractivity contribution in [2.45, 2.75) is 82.7 Å². The van der Waals surface area contributed by atoms with E-state index in [1.807, 2.05) is 0 Å². The molecule has 1 aliphatic heterocycles. The zero-order chi connectivity index (χ0) is 20.5. The van der Waals surface area contributed by atoms with E-state index >= 15 is 0 Å². The molecule has 0 aromatic carbocycles. The van der Waals surface area contributed by atoms with Crippen molar-refractivity contribution in [3.8, 4) is 0 Å². The smallest absolute Gasteiger partial charge is 0.351 e. The van der Waals surface area contributed by atoms with Crippen molar-refractivity contribution in [2.24, 2.45) is 0 Å². The van der Waals surface area contributed by atoms with Crippen molar-refractivity contribution in [1.29, 1.82) is 0 Å². The zero-order valence-corrected chi connectivity index (χ0v) is 18.0. The molecule has 2 heterocycles. The number of nitrogen functional groups attached to an aromatic ring is 1. The maximum absolute atomic E-state index is 12.2. The van der Waals surface area contributed by atoms with Crippen molar-refractivity contribution in [2.75, 3.05) is 12.3 Å². The Morgan fingerprint density at radius 2 is 1.81 bits per heavy atom. The van der Waals surface area contributed by atoms with Gasteiger partial charge in [-0.05, 0) is 22.7 Å². The van der Waals surface area contributed by atoms with Gasteiger partial charge < -0.3 is 25.1 Å². The molecule has 4 atom stereocenters. The van der Waals surface area contributed by atoms with E-state index in [-0.39, 0.29) is 12.4 Å². The lowest BCUT2D eigenvalue weighted by molar-refractivity contribution is -0.0546. The SMILES string of the molecule is CC(C)[Si](O[C@H]1[C@@H](O)[C@H](n2ccc(N)nc2=O)O[C@@H]1CO)(C(C)C)C(C)C. The highest BCUT2D eigenvalue weighted by molar-refractivity contribution is 6.77. The summed E-state index contributed by atoms with van der Waals surface area (Å²) in [5, 5.41) is 20.8. The van der Waals surface area contributed by atoms with Gasteiger partial charge in [0.15, 0.2) is 6.23 Å². The van der Waals surface area contributed by atoms with Crippen LogP contribution in [0.3, 0.4) is 0 Å². The predicted molar refractivity (Wildman–Crippen MR) is 106 cm³/mol. The van der Waals surface area contributed by atoms with E-state index in [4.69, 9.17) is 14.9 Å². The van der Waals surface area contributed by atoms with E-state index in [0.29, 0.717) is 16.6 Å². The molecule has 0 bridgehead atoms. The molecule has 9 heteroatoms. The van der Waals surface area contributed by atoms with Crippen LogP contribution in [0.2, 0.25) is 16.6 Å². The molecule has 154 valence electrons. The zero-order valence-electron chi connectivity index (χ0n) is 17.0. The fourth-order valence-electron chi connectivity index (χ4n) is 4.51. The standard InChI is InChI=1S/C18H33N3O5Si/c1-10(2)27(11(3)4,12(5)6)26-16-13(9-22)25-17(15(16)23)21-8-7-14(19)20-18(21)24/h7-8,10-13,15-17,22-23H,9H2,1-6H3,(H2,19,20,24)/t13-,15-,16-,17-/m1/s1. The third-order valence-corrected chi connectivity index (χ3v) is 11.8. The molecular weight excluding hydrogens is 366 g/mol. The Bertz CT molecular complexity index is 672. The summed E-state index contributed by atoms with van der Waals surface area (Å²) in [7, 11) is -2.32. The summed E-state index contributed by atoms with van der Waals surface area (Å²) in [5.74, 6) is 0.0982. The Morgan fingerprint density at radius 1 is 1.26 bits per heavy atom. The second-order valence-electron chi connectivity index (χ2n) is 8.18. The molecular formula is C18H33N3O5Si. The quantitative estimate of drug-likeness (QED) is 0.596. The van der Waals surface area contributed by atoms with Gasteiger partial charge in [-0.2, -0.15) is 4.98 Å². The van der Waals surface area contributed by atoms with Crippen LogP contribution in [-0.2, 0) is 9.16 Å². The monoisotopic (exact) mass is 399 g/mol. The third kappa shape index (κ3) is 3.97. The fraction of sp³-hybridized carbons (Fsp3) is 0.778. The minimum atomic E-state index is -2.32. The minimum absolute atomic E-state index is 0.0982. The van der Waals surface area contributed by atoms with Crippen molar-refractivity contribution in [1.82, 2.24) is 9.55 Å². The summed E-state index contributed by atoms with van der Waals surface area (Å²) in [6, 6.07) is 1.47. The molecule has 1 aliphatic rings. The van der Waals surface area contributed by atoms with Gasteiger partial charge in [0.25, 0.3) is 0 Å². The Hall–Kier alpha value is -1.26. The van der Waals surface area contributed by atoms with Crippen molar-refractivity contribution >= 4 is 14.1 Å². The molecule has 0 unspecified atom stereocenters. The van der Waals surface area contributed by atoms with E-state index < -0.39 is 38.5 Å². The summed E-state index contributed by atoms with van der Waals surface area (Å²) in [5.41, 5.74) is 5.85. The molecule has 0 spiro atoms. The summed E-state index contributed by atoms with van der Waals surface area (Å²) >= 11 is 0. The summed E-state index contributed by atoms with van der Waals surface area (Å²) < 4.78 is 13.7. The first-order valence-electron chi connectivity index (χ1n) is 9.53. The number of aromatic nitrogens is 2. The first-order chi connectivity index (χ1) is 12.6. The van der Waals surface area contributed by atoms with Crippen LogP contribution in [0.15, 0.2) is 17.1 Å². The van der Waals surface area contributed by atoms with Crippen LogP contribution in [0.1, 0.15) is 47.8 Å². The summed E-state index contributed by atoms with van der Waals surface area (Å²) in [6.07, 6.45) is -2.09. The number of hydrogen-bond acceptors (Lipinski definition) is 7.